The summed E-state index contributed by atoms with van der Waals surface area (Å²) in [5, 5.41) is 6.26. The van der Waals surface area contributed by atoms with Gasteiger partial charge < -0.3 is 10.6 Å². The molecule has 16 heavy (non-hydrogen) atoms. The maximum Gasteiger partial charge on any atom is 0.234 e. The number of nitrogens with zero attached hydrogens (tertiary/aromatic N) is 1. The number of carbonyl (C=O) groups excluding carboxylic acids is 1. The maximum absolute atomic E-state index is 11.6. The number of rotatable bonds is 4. The molecule has 1 atom stereocenters. The summed E-state index contributed by atoms with van der Waals surface area (Å²) < 4.78 is 0. The van der Waals surface area contributed by atoms with Crippen LogP contribution in [-0.2, 0) is 4.79 Å². The van der Waals surface area contributed by atoms with Crippen LogP contribution in [-0.4, -0.2) is 49.6 Å². The second-order valence-corrected chi connectivity index (χ2v) is 4.72. The van der Waals surface area contributed by atoms with Gasteiger partial charge in [0.15, 0.2) is 0 Å². The van der Waals surface area contributed by atoms with E-state index in [1.165, 1.54) is 0 Å². The zero-order chi connectivity index (χ0) is 11.3. The highest BCUT2D eigenvalue weighted by atomic mass is 35.5. The first kappa shape index (κ1) is 15.7. The van der Waals surface area contributed by atoms with Crippen molar-refractivity contribution < 1.29 is 4.79 Å². The first-order chi connectivity index (χ1) is 7.09. The van der Waals surface area contributed by atoms with Crippen molar-refractivity contribution in [3.05, 3.63) is 0 Å². The van der Waals surface area contributed by atoms with E-state index in [0.29, 0.717) is 18.5 Å². The van der Waals surface area contributed by atoms with Crippen molar-refractivity contribution >= 4 is 18.3 Å². The molecule has 5 heteroatoms. The van der Waals surface area contributed by atoms with Crippen LogP contribution in [0.25, 0.3) is 0 Å². The van der Waals surface area contributed by atoms with Gasteiger partial charge in [0.05, 0.1) is 6.54 Å². The molecule has 0 aromatic carbocycles. The fourth-order valence-electron chi connectivity index (χ4n) is 1.68. The van der Waals surface area contributed by atoms with Gasteiger partial charge in [0, 0.05) is 32.2 Å². The van der Waals surface area contributed by atoms with Crippen LogP contribution in [0, 0.1) is 5.92 Å². The molecule has 0 aromatic rings. The van der Waals surface area contributed by atoms with Crippen LogP contribution >= 0.6 is 12.4 Å². The van der Waals surface area contributed by atoms with Gasteiger partial charge in [-0.2, -0.15) is 0 Å². The Hall–Kier alpha value is -0.320. The third-order valence-electron chi connectivity index (χ3n) is 2.69. The van der Waals surface area contributed by atoms with Crippen molar-refractivity contribution in [3.63, 3.8) is 0 Å². The lowest BCUT2D eigenvalue weighted by molar-refractivity contribution is -0.123. The quantitative estimate of drug-likeness (QED) is 0.762. The van der Waals surface area contributed by atoms with Gasteiger partial charge in [0.25, 0.3) is 0 Å². The van der Waals surface area contributed by atoms with E-state index in [-0.39, 0.29) is 18.3 Å². The Balaban J connectivity index is 0.00000225. The van der Waals surface area contributed by atoms with Crippen molar-refractivity contribution in [2.75, 3.05) is 32.7 Å². The Morgan fingerprint density at radius 1 is 1.56 bits per heavy atom. The maximum atomic E-state index is 11.6. The smallest absolute Gasteiger partial charge is 0.234 e. The number of piperazine rings is 1. The number of hydrogen-bond donors (Lipinski definition) is 2. The summed E-state index contributed by atoms with van der Waals surface area (Å²) in [4.78, 5) is 13.8. The van der Waals surface area contributed by atoms with E-state index >= 15 is 0 Å². The first-order valence-electron chi connectivity index (χ1n) is 5.81. The van der Waals surface area contributed by atoms with E-state index in [1.807, 2.05) is 0 Å². The number of carbonyl (C=O) groups is 1. The van der Waals surface area contributed by atoms with Gasteiger partial charge >= 0.3 is 0 Å². The zero-order valence-corrected chi connectivity index (χ0v) is 11.3. The molecule has 1 aliphatic heterocycles. The topological polar surface area (TPSA) is 44.4 Å². The highest BCUT2D eigenvalue weighted by molar-refractivity contribution is 5.85. The van der Waals surface area contributed by atoms with E-state index in [4.69, 9.17) is 0 Å². The zero-order valence-electron chi connectivity index (χ0n) is 10.5. The molecule has 1 saturated heterocycles. The Labute approximate surface area is 105 Å². The molecule has 1 rings (SSSR count). The highest BCUT2D eigenvalue weighted by Crippen LogP contribution is 2.01. The monoisotopic (exact) mass is 249 g/mol. The van der Waals surface area contributed by atoms with Gasteiger partial charge in [-0.05, 0) is 12.8 Å². The van der Waals surface area contributed by atoms with Crippen LogP contribution in [0.3, 0.4) is 0 Å². The van der Waals surface area contributed by atoms with Crippen LogP contribution in [0.4, 0.5) is 0 Å². The average molecular weight is 250 g/mol. The van der Waals surface area contributed by atoms with E-state index in [9.17, 15) is 4.79 Å². The lowest BCUT2D eigenvalue weighted by Crippen LogP contribution is -2.52. The summed E-state index contributed by atoms with van der Waals surface area (Å²) >= 11 is 0. The van der Waals surface area contributed by atoms with E-state index in [0.717, 1.165) is 26.2 Å². The fraction of sp³-hybridized carbons (Fsp3) is 0.909. The van der Waals surface area contributed by atoms with Crippen molar-refractivity contribution in [2.45, 2.75) is 26.8 Å². The fourth-order valence-corrected chi connectivity index (χ4v) is 1.68. The number of hydrogen-bond acceptors (Lipinski definition) is 3. The number of nitrogens with one attached hydrogen (secondary N) is 2. The molecule has 96 valence electrons. The van der Waals surface area contributed by atoms with Crippen LogP contribution in [0.2, 0.25) is 0 Å². The molecule has 0 aliphatic carbocycles. The summed E-state index contributed by atoms with van der Waals surface area (Å²) in [5.41, 5.74) is 0. The Bertz CT molecular complexity index is 211. The molecule has 4 nitrogen and oxygen atoms in total. The van der Waals surface area contributed by atoms with Gasteiger partial charge in [-0.15, -0.1) is 12.4 Å². The Morgan fingerprint density at radius 2 is 2.25 bits per heavy atom. The molecular formula is C11H24ClN3O. The molecular weight excluding hydrogens is 226 g/mol. The molecule has 1 unspecified atom stereocenters. The van der Waals surface area contributed by atoms with Crippen LogP contribution in [0.5, 0.6) is 0 Å². The lowest BCUT2D eigenvalue weighted by Gasteiger charge is -2.33. The van der Waals surface area contributed by atoms with Crippen molar-refractivity contribution in [1.82, 2.24) is 15.5 Å². The molecule has 1 amide bonds. The van der Waals surface area contributed by atoms with E-state index < -0.39 is 0 Å². The largest absolute Gasteiger partial charge is 0.355 e. The summed E-state index contributed by atoms with van der Waals surface area (Å²) in [7, 11) is 0. The molecule has 1 aliphatic rings. The highest BCUT2D eigenvalue weighted by Gasteiger charge is 2.19. The van der Waals surface area contributed by atoms with Gasteiger partial charge in [-0.25, -0.2) is 0 Å². The lowest BCUT2D eigenvalue weighted by atomic mass is 10.2. The molecule has 1 heterocycles. The van der Waals surface area contributed by atoms with Crippen molar-refractivity contribution in [2.24, 2.45) is 5.92 Å². The minimum atomic E-state index is 0. The standard InChI is InChI=1S/C11H23N3O.ClH/c1-9(2)6-13-11(15)8-14-5-4-12-7-10(14)3;/h9-10,12H,4-8H2,1-3H3,(H,13,15);1H. The van der Waals surface area contributed by atoms with Gasteiger partial charge in [-0.3, -0.25) is 9.69 Å². The third-order valence-corrected chi connectivity index (χ3v) is 2.69. The molecule has 0 saturated carbocycles. The van der Waals surface area contributed by atoms with Crippen LogP contribution in [0.15, 0.2) is 0 Å². The normalized spacial score (nSPS) is 21.6. The molecule has 0 aromatic heterocycles. The predicted molar refractivity (Wildman–Crippen MR) is 69.0 cm³/mol. The average Bonchev–Trinajstić information content (AvgIpc) is 2.18. The molecule has 0 bridgehead atoms. The van der Waals surface area contributed by atoms with Crippen molar-refractivity contribution in [1.29, 1.82) is 0 Å². The third kappa shape index (κ3) is 5.68. The second kappa shape index (κ2) is 7.87. The summed E-state index contributed by atoms with van der Waals surface area (Å²) in [5.74, 6) is 0.673. The van der Waals surface area contributed by atoms with E-state index in [2.05, 4.69) is 36.3 Å². The Morgan fingerprint density at radius 3 is 2.81 bits per heavy atom. The Kier molecular flexibility index (Phi) is 7.72. The molecule has 0 radical (unpaired) electrons. The second-order valence-electron chi connectivity index (χ2n) is 4.72. The SMILES string of the molecule is CC(C)CNC(=O)CN1CCNCC1C.Cl. The van der Waals surface area contributed by atoms with Gasteiger partial charge in [0.2, 0.25) is 5.91 Å². The van der Waals surface area contributed by atoms with Crippen LogP contribution < -0.4 is 10.6 Å². The molecule has 0 spiro atoms. The van der Waals surface area contributed by atoms with Crippen LogP contribution in [0.1, 0.15) is 20.8 Å². The molecule has 2 N–H and O–H groups in total. The van der Waals surface area contributed by atoms with Crippen molar-refractivity contribution in [3.8, 4) is 0 Å². The number of halogens is 1. The minimum Gasteiger partial charge on any atom is -0.355 e. The van der Waals surface area contributed by atoms with E-state index in [1.54, 1.807) is 0 Å². The minimum absolute atomic E-state index is 0. The predicted octanol–water partition coefficient (Wildman–Crippen LogP) is 0.474. The summed E-state index contributed by atoms with van der Waals surface area (Å²) in [6.45, 7) is 10.6. The van der Waals surface area contributed by atoms with Gasteiger partial charge in [0.1, 0.15) is 0 Å². The summed E-state index contributed by atoms with van der Waals surface area (Å²) in [6, 6.07) is 0.462. The van der Waals surface area contributed by atoms with Gasteiger partial charge in [-0.1, -0.05) is 13.8 Å². The molecule has 1 fully saturated rings. The number of amides is 1. The summed E-state index contributed by atoms with van der Waals surface area (Å²) in [6.07, 6.45) is 0. The first-order valence-corrected chi connectivity index (χ1v) is 5.81.